The Morgan fingerprint density at radius 2 is 2.24 bits per heavy atom. The number of hydrogen-bond acceptors (Lipinski definition) is 2. The Bertz CT molecular complexity index is 409. The molecule has 3 nitrogen and oxygen atoms in total. The molecule has 0 spiro atoms. The van der Waals surface area contributed by atoms with Gasteiger partial charge < -0.3 is 10.6 Å². The number of nitrogens with two attached hydrogens (primary N) is 1. The van der Waals surface area contributed by atoms with Crippen molar-refractivity contribution >= 4 is 21.8 Å². The van der Waals surface area contributed by atoms with E-state index in [0.717, 1.165) is 4.47 Å². The fraction of sp³-hybridized carbons (Fsp3) is 0.417. The maximum absolute atomic E-state index is 13.4. The lowest BCUT2D eigenvalue weighted by Gasteiger charge is -2.19. The highest BCUT2D eigenvalue weighted by molar-refractivity contribution is 9.10. The van der Waals surface area contributed by atoms with Gasteiger partial charge in [-0.2, -0.15) is 0 Å². The van der Waals surface area contributed by atoms with Crippen LogP contribution in [0, 0.1) is 5.82 Å². The Kier molecular flexibility index (Phi) is 5.08. The second-order valence-electron chi connectivity index (χ2n) is 4.03. The van der Waals surface area contributed by atoms with Crippen molar-refractivity contribution in [2.75, 3.05) is 13.6 Å². The second-order valence-corrected chi connectivity index (χ2v) is 4.95. The maximum Gasteiger partial charge on any atom is 0.238 e. The van der Waals surface area contributed by atoms with Crippen LogP contribution in [0.4, 0.5) is 4.39 Å². The summed E-state index contributed by atoms with van der Waals surface area (Å²) in [5.41, 5.74) is 6.07. The Balaban J connectivity index is 2.61. The van der Waals surface area contributed by atoms with Gasteiger partial charge in [0.2, 0.25) is 5.91 Å². The fourth-order valence-electron chi connectivity index (χ4n) is 1.48. The molecule has 0 radical (unpaired) electrons. The van der Waals surface area contributed by atoms with Crippen LogP contribution in [0.3, 0.4) is 0 Å². The average Bonchev–Trinajstić information content (AvgIpc) is 2.28. The van der Waals surface area contributed by atoms with Gasteiger partial charge in [-0.25, -0.2) is 4.39 Å². The molecule has 94 valence electrons. The van der Waals surface area contributed by atoms with Crippen molar-refractivity contribution in [1.29, 1.82) is 0 Å². The zero-order valence-corrected chi connectivity index (χ0v) is 11.5. The van der Waals surface area contributed by atoms with Crippen LogP contribution in [0.5, 0.6) is 0 Å². The van der Waals surface area contributed by atoms with Crippen molar-refractivity contribution in [2.24, 2.45) is 5.73 Å². The smallest absolute Gasteiger partial charge is 0.238 e. The van der Waals surface area contributed by atoms with E-state index in [9.17, 15) is 9.18 Å². The molecular formula is C12H16BrFN2O. The van der Waals surface area contributed by atoms with Gasteiger partial charge in [-0.3, -0.25) is 4.79 Å². The van der Waals surface area contributed by atoms with Crippen LogP contribution in [0.2, 0.25) is 0 Å². The minimum absolute atomic E-state index is 0.139. The minimum Gasteiger partial charge on any atom is -0.344 e. The van der Waals surface area contributed by atoms with Crippen LogP contribution >= 0.6 is 15.9 Å². The zero-order valence-electron chi connectivity index (χ0n) is 9.91. The first kappa shape index (κ1) is 14.1. The van der Waals surface area contributed by atoms with Crippen molar-refractivity contribution in [3.8, 4) is 0 Å². The highest BCUT2D eigenvalue weighted by atomic mass is 79.9. The lowest BCUT2D eigenvalue weighted by atomic mass is 10.1. The first-order valence-electron chi connectivity index (χ1n) is 5.36. The second kappa shape index (κ2) is 6.12. The summed E-state index contributed by atoms with van der Waals surface area (Å²) in [6.45, 7) is 2.09. The van der Waals surface area contributed by atoms with Gasteiger partial charge in [0.15, 0.2) is 0 Å². The molecule has 0 aliphatic rings. The third-order valence-corrected chi connectivity index (χ3v) is 2.98. The predicted molar refractivity (Wildman–Crippen MR) is 69.1 cm³/mol. The molecule has 0 fully saturated rings. The zero-order chi connectivity index (χ0) is 13.0. The standard InChI is InChI=1S/C12H16BrFN2O/c1-8(15)12(17)16(2)6-5-9-7-10(13)3-4-11(9)14/h3-4,7-8H,5-6,15H2,1-2H3. The molecule has 0 saturated carbocycles. The molecule has 0 saturated heterocycles. The summed E-state index contributed by atoms with van der Waals surface area (Å²) in [6.07, 6.45) is 0.472. The SMILES string of the molecule is CC(N)C(=O)N(C)CCc1cc(Br)ccc1F. The van der Waals surface area contributed by atoms with Gasteiger partial charge in [-0.05, 0) is 37.1 Å². The van der Waals surface area contributed by atoms with E-state index in [1.807, 2.05) is 0 Å². The molecule has 2 N–H and O–H groups in total. The number of rotatable bonds is 4. The van der Waals surface area contributed by atoms with E-state index in [4.69, 9.17) is 5.73 Å². The van der Waals surface area contributed by atoms with Crippen molar-refractivity contribution in [1.82, 2.24) is 4.90 Å². The van der Waals surface area contributed by atoms with Crippen LogP contribution in [0.25, 0.3) is 0 Å². The molecule has 5 heteroatoms. The third-order valence-electron chi connectivity index (χ3n) is 2.49. The summed E-state index contributed by atoms with van der Waals surface area (Å²) in [7, 11) is 1.67. The molecule has 0 aliphatic heterocycles. The highest BCUT2D eigenvalue weighted by Gasteiger charge is 2.13. The van der Waals surface area contributed by atoms with Crippen molar-refractivity contribution in [2.45, 2.75) is 19.4 Å². The molecule has 1 unspecified atom stereocenters. The van der Waals surface area contributed by atoms with Crippen LogP contribution < -0.4 is 5.73 Å². The van der Waals surface area contributed by atoms with E-state index in [1.54, 1.807) is 26.1 Å². The van der Waals surface area contributed by atoms with Gasteiger partial charge >= 0.3 is 0 Å². The van der Waals surface area contributed by atoms with E-state index in [1.165, 1.54) is 11.0 Å². The molecule has 1 amide bonds. The first-order valence-corrected chi connectivity index (χ1v) is 6.15. The van der Waals surface area contributed by atoms with E-state index in [-0.39, 0.29) is 11.7 Å². The van der Waals surface area contributed by atoms with Crippen molar-refractivity contribution in [3.63, 3.8) is 0 Å². The van der Waals surface area contributed by atoms with Gasteiger partial charge in [0.05, 0.1) is 6.04 Å². The van der Waals surface area contributed by atoms with Crippen LogP contribution in [0.15, 0.2) is 22.7 Å². The highest BCUT2D eigenvalue weighted by Crippen LogP contribution is 2.16. The predicted octanol–water partition coefficient (Wildman–Crippen LogP) is 1.94. The van der Waals surface area contributed by atoms with Gasteiger partial charge in [-0.1, -0.05) is 15.9 Å². The summed E-state index contributed by atoms with van der Waals surface area (Å²) in [4.78, 5) is 13.0. The fourth-order valence-corrected chi connectivity index (χ4v) is 1.89. The molecular weight excluding hydrogens is 287 g/mol. The van der Waals surface area contributed by atoms with Gasteiger partial charge in [0, 0.05) is 18.1 Å². The lowest BCUT2D eigenvalue weighted by Crippen LogP contribution is -2.40. The largest absolute Gasteiger partial charge is 0.344 e. The number of carbonyl (C=O) groups is 1. The Labute approximate surface area is 109 Å². The maximum atomic E-state index is 13.4. The third kappa shape index (κ3) is 4.09. The number of nitrogens with zero attached hydrogens (tertiary/aromatic N) is 1. The van der Waals surface area contributed by atoms with E-state index in [0.29, 0.717) is 18.5 Å². The Morgan fingerprint density at radius 1 is 1.59 bits per heavy atom. The monoisotopic (exact) mass is 302 g/mol. The lowest BCUT2D eigenvalue weighted by molar-refractivity contribution is -0.130. The molecule has 17 heavy (non-hydrogen) atoms. The number of carbonyl (C=O) groups excluding carboxylic acids is 1. The molecule has 0 heterocycles. The molecule has 1 atom stereocenters. The minimum atomic E-state index is -0.521. The number of amides is 1. The summed E-state index contributed by atoms with van der Waals surface area (Å²) in [6, 6.07) is 4.26. The average molecular weight is 303 g/mol. The number of hydrogen-bond donors (Lipinski definition) is 1. The summed E-state index contributed by atoms with van der Waals surface area (Å²) in [5.74, 6) is -0.393. The van der Waals surface area contributed by atoms with Gasteiger partial charge in [-0.15, -0.1) is 0 Å². The summed E-state index contributed by atoms with van der Waals surface area (Å²) >= 11 is 3.29. The van der Waals surface area contributed by atoms with E-state index >= 15 is 0 Å². The first-order chi connectivity index (χ1) is 7.91. The Morgan fingerprint density at radius 3 is 2.82 bits per heavy atom. The summed E-state index contributed by atoms with van der Waals surface area (Å²) in [5, 5.41) is 0. The van der Waals surface area contributed by atoms with Crippen LogP contribution in [0.1, 0.15) is 12.5 Å². The quantitative estimate of drug-likeness (QED) is 0.924. The van der Waals surface area contributed by atoms with Crippen LogP contribution in [-0.4, -0.2) is 30.4 Å². The number of halogens is 2. The van der Waals surface area contributed by atoms with Crippen molar-refractivity contribution < 1.29 is 9.18 Å². The van der Waals surface area contributed by atoms with E-state index < -0.39 is 6.04 Å². The molecule has 1 aromatic carbocycles. The number of likely N-dealkylation sites (N-methyl/N-ethyl adjacent to an activating group) is 1. The van der Waals surface area contributed by atoms with E-state index in [2.05, 4.69) is 15.9 Å². The van der Waals surface area contributed by atoms with Crippen LogP contribution in [-0.2, 0) is 11.2 Å². The molecule has 0 aromatic heterocycles. The molecule has 0 aliphatic carbocycles. The topological polar surface area (TPSA) is 46.3 Å². The van der Waals surface area contributed by atoms with Crippen molar-refractivity contribution in [3.05, 3.63) is 34.1 Å². The van der Waals surface area contributed by atoms with Gasteiger partial charge in [0.25, 0.3) is 0 Å². The Hall–Kier alpha value is -0.940. The molecule has 1 aromatic rings. The van der Waals surface area contributed by atoms with Gasteiger partial charge in [0.1, 0.15) is 5.82 Å². The molecule has 0 bridgehead atoms. The number of benzene rings is 1. The normalized spacial score (nSPS) is 12.3. The summed E-state index contributed by atoms with van der Waals surface area (Å²) < 4.78 is 14.3. The molecule has 1 rings (SSSR count).